The molecule has 0 amide bonds. The minimum Gasteiger partial charge on any atom is -0.291 e. The van der Waals surface area contributed by atoms with Gasteiger partial charge in [0, 0.05) is 18.2 Å². The van der Waals surface area contributed by atoms with Gasteiger partial charge in [-0.25, -0.2) is 14.6 Å². The highest BCUT2D eigenvalue weighted by Crippen LogP contribution is 2.28. The first kappa shape index (κ1) is 19.0. The van der Waals surface area contributed by atoms with Gasteiger partial charge in [0.15, 0.2) is 11.5 Å². The zero-order chi connectivity index (χ0) is 19.1. The van der Waals surface area contributed by atoms with Gasteiger partial charge in [0.2, 0.25) is 0 Å². The van der Waals surface area contributed by atoms with Gasteiger partial charge in [-0.05, 0) is 12.8 Å². The van der Waals surface area contributed by atoms with E-state index in [1.54, 1.807) is 29.3 Å². The first-order chi connectivity index (χ1) is 13.3. The molecule has 0 bridgehead atoms. The molecule has 0 radical (unpaired) electrons. The Morgan fingerprint density at radius 1 is 1.15 bits per heavy atom. The Bertz CT molecular complexity index is 867. The second-order valence-corrected chi connectivity index (χ2v) is 6.74. The largest absolute Gasteiger partial charge is 0.298 e. The Balaban J connectivity index is 1.94. The molecule has 27 heavy (non-hydrogen) atoms. The highest BCUT2D eigenvalue weighted by Gasteiger charge is 2.23. The van der Waals surface area contributed by atoms with Crippen LogP contribution in [0.1, 0.15) is 70.4 Å². The van der Waals surface area contributed by atoms with Crippen LogP contribution in [0.2, 0.25) is 0 Å². The molecule has 1 unspecified atom stereocenters. The van der Waals surface area contributed by atoms with E-state index in [2.05, 4.69) is 39.2 Å². The Morgan fingerprint density at radius 3 is 2.67 bits per heavy atom. The summed E-state index contributed by atoms with van der Waals surface area (Å²) in [5, 5.41) is 11.2. The van der Waals surface area contributed by atoms with Gasteiger partial charge >= 0.3 is 0 Å². The van der Waals surface area contributed by atoms with E-state index in [0.717, 1.165) is 25.0 Å². The maximum Gasteiger partial charge on any atom is 0.298 e. The topological polar surface area (TPSA) is 94.3 Å². The fourth-order valence-corrected chi connectivity index (χ4v) is 3.40. The van der Waals surface area contributed by atoms with Gasteiger partial charge in [0.25, 0.3) is 5.56 Å². The van der Waals surface area contributed by atoms with Gasteiger partial charge in [-0.3, -0.25) is 9.89 Å². The van der Waals surface area contributed by atoms with Crippen molar-refractivity contribution in [1.82, 2.24) is 34.7 Å². The maximum atomic E-state index is 13.1. The molecule has 0 aliphatic heterocycles. The molecule has 8 heteroatoms. The van der Waals surface area contributed by atoms with Crippen molar-refractivity contribution in [2.24, 2.45) is 0 Å². The number of aromatic amines is 1. The van der Waals surface area contributed by atoms with Crippen molar-refractivity contribution in [3.8, 4) is 11.5 Å². The summed E-state index contributed by atoms with van der Waals surface area (Å²) in [5.41, 5.74) is 1.23. The maximum absolute atomic E-state index is 13.1. The first-order valence-corrected chi connectivity index (χ1v) is 9.74. The summed E-state index contributed by atoms with van der Waals surface area (Å²) in [7, 11) is 0. The average molecular weight is 369 g/mol. The molecule has 1 N–H and O–H groups in total. The second kappa shape index (κ2) is 9.25. The zero-order valence-electron chi connectivity index (χ0n) is 16.0. The minimum absolute atomic E-state index is 0.182. The summed E-state index contributed by atoms with van der Waals surface area (Å²) in [6.07, 6.45) is 14.5. The molecule has 1 atom stereocenters. The third-order valence-corrected chi connectivity index (χ3v) is 4.90. The molecule has 8 nitrogen and oxygen atoms in total. The summed E-state index contributed by atoms with van der Waals surface area (Å²) >= 11 is 0. The Morgan fingerprint density at radius 2 is 2.00 bits per heavy atom. The number of unbranched alkanes of at least 4 members (excludes halogenated alkanes) is 4. The van der Waals surface area contributed by atoms with Gasteiger partial charge in [-0.2, -0.15) is 4.68 Å². The monoisotopic (exact) mass is 369 g/mol. The summed E-state index contributed by atoms with van der Waals surface area (Å²) in [4.78, 5) is 21.2. The molecule has 3 aromatic rings. The molecular formula is C19H27N7O. The SMILES string of the molecule is CCCCCCCC(CC)c1[nH]n(-c2ccncn2)c(=O)c1-n1ccnn1. The lowest BCUT2D eigenvalue weighted by molar-refractivity contribution is 0.521. The number of rotatable bonds is 10. The normalized spacial score (nSPS) is 12.4. The van der Waals surface area contributed by atoms with Crippen molar-refractivity contribution >= 4 is 0 Å². The Hall–Kier alpha value is -2.77. The lowest BCUT2D eigenvalue weighted by atomic mass is 9.94. The molecular weight excluding hydrogens is 342 g/mol. The van der Waals surface area contributed by atoms with Crippen LogP contribution in [0, 0.1) is 0 Å². The zero-order valence-corrected chi connectivity index (χ0v) is 16.0. The van der Waals surface area contributed by atoms with E-state index >= 15 is 0 Å². The van der Waals surface area contributed by atoms with Crippen molar-refractivity contribution in [2.75, 3.05) is 0 Å². The van der Waals surface area contributed by atoms with E-state index < -0.39 is 0 Å². The molecule has 0 aromatic carbocycles. The van der Waals surface area contributed by atoms with Gasteiger partial charge in [-0.1, -0.05) is 51.2 Å². The van der Waals surface area contributed by atoms with E-state index in [1.807, 2.05) is 0 Å². The number of hydrogen-bond acceptors (Lipinski definition) is 5. The standard InChI is InChI=1S/C19H27N7O/c1-3-5-6-7-8-9-15(4-2)17-18(25-13-12-22-24-25)19(27)26(23-17)16-10-11-20-14-21-16/h10-15,23H,3-9H2,1-2H3. The predicted octanol–water partition coefficient (Wildman–Crippen LogP) is 3.39. The van der Waals surface area contributed by atoms with Crippen molar-refractivity contribution in [1.29, 1.82) is 0 Å². The van der Waals surface area contributed by atoms with Crippen LogP contribution in [-0.2, 0) is 0 Å². The predicted molar refractivity (Wildman–Crippen MR) is 103 cm³/mol. The highest BCUT2D eigenvalue weighted by molar-refractivity contribution is 5.38. The quantitative estimate of drug-likeness (QED) is 0.553. The van der Waals surface area contributed by atoms with E-state index in [9.17, 15) is 4.79 Å². The van der Waals surface area contributed by atoms with E-state index in [1.165, 1.54) is 36.7 Å². The molecule has 0 aliphatic rings. The molecule has 144 valence electrons. The van der Waals surface area contributed by atoms with Crippen LogP contribution in [0.5, 0.6) is 0 Å². The van der Waals surface area contributed by atoms with Gasteiger partial charge in [-0.15, -0.1) is 5.10 Å². The van der Waals surface area contributed by atoms with Crippen LogP contribution in [0.3, 0.4) is 0 Å². The van der Waals surface area contributed by atoms with E-state index in [-0.39, 0.29) is 11.5 Å². The molecule has 3 aromatic heterocycles. The van der Waals surface area contributed by atoms with Crippen molar-refractivity contribution in [3.63, 3.8) is 0 Å². The second-order valence-electron chi connectivity index (χ2n) is 6.74. The molecule has 0 fully saturated rings. The van der Waals surface area contributed by atoms with Crippen LogP contribution < -0.4 is 5.56 Å². The van der Waals surface area contributed by atoms with Gasteiger partial charge in [0.1, 0.15) is 6.33 Å². The van der Waals surface area contributed by atoms with Crippen molar-refractivity contribution in [2.45, 2.75) is 64.7 Å². The number of H-pyrrole nitrogens is 1. The summed E-state index contributed by atoms with van der Waals surface area (Å²) in [5.74, 6) is 0.766. The number of nitrogens with one attached hydrogen (secondary N) is 1. The van der Waals surface area contributed by atoms with Crippen LogP contribution >= 0.6 is 0 Å². The minimum atomic E-state index is -0.182. The average Bonchev–Trinajstić information content (AvgIpc) is 3.33. The molecule has 0 saturated carbocycles. The van der Waals surface area contributed by atoms with Crippen molar-refractivity contribution in [3.05, 3.63) is 47.0 Å². The van der Waals surface area contributed by atoms with E-state index in [4.69, 9.17) is 0 Å². The number of hydrogen-bond donors (Lipinski definition) is 1. The van der Waals surface area contributed by atoms with E-state index in [0.29, 0.717) is 11.5 Å². The van der Waals surface area contributed by atoms with Crippen molar-refractivity contribution < 1.29 is 0 Å². The number of nitrogens with zero attached hydrogens (tertiary/aromatic N) is 6. The molecule has 3 heterocycles. The fraction of sp³-hybridized carbons (Fsp3) is 0.526. The summed E-state index contributed by atoms with van der Waals surface area (Å²) < 4.78 is 3.01. The Kier molecular flexibility index (Phi) is 6.51. The third kappa shape index (κ3) is 4.32. The highest BCUT2D eigenvalue weighted by atomic mass is 16.1. The fourth-order valence-electron chi connectivity index (χ4n) is 3.40. The molecule has 0 aliphatic carbocycles. The molecule has 3 rings (SSSR count). The lowest BCUT2D eigenvalue weighted by Gasteiger charge is -2.14. The molecule has 0 saturated heterocycles. The van der Waals surface area contributed by atoms with Crippen LogP contribution in [0.25, 0.3) is 11.5 Å². The number of aromatic nitrogens is 7. The summed E-state index contributed by atoms with van der Waals surface area (Å²) in [6.45, 7) is 4.38. The third-order valence-electron chi connectivity index (χ3n) is 4.90. The first-order valence-electron chi connectivity index (χ1n) is 9.74. The van der Waals surface area contributed by atoms with Crippen LogP contribution in [0.4, 0.5) is 0 Å². The van der Waals surface area contributed by atoms with Crippen LogP contribution in [-0.4, -0.2) is 34.7 Å². The van der Waals surface area contributed by atoms with Crippen LogP contribution in [0.15, 0.2) is 35.8 Å². The molecule has 0 spiro atoms. The lowest BCUT2D eigenvalue weighted by Crippen LogP contribution is -2.19. The Labute approximate surface area is 158 Å². The van der Waals surface area contributed by atoms with Gasteiger partial charge < -0.3 is 0 Å². The smallest absolute Gasteiger partial charge is 0.291 e. The van der Waals surface area contributed by atoms with Gasteiger partial charge in [0.05, 0.1) is 18.1 Å². The summed E-state index contributed by atoms with van der Waals surface area (Å²) in [6, 6.07) is 1.71.